The molecule has 0 spiro atoms. The summed E-state index contributed by atoms with van der Waals surface area (Å²) in [5.74, 6) is 1.38. The number of nitrogens with one attached hydrogen (secondary N) is 1. The highest BCUT2D eigenvalue weighted by Gasteiger charge is 2.34. The van der Waals surface area contributed by atoms with Crippen LogP contribution >= 0.6 is 11.3 Å². The van der Waals surface area contributed by atoms with Crippen LogP contribution in [-0.4, -0.2) is 24.0 Å². The van der Waals surface area contributed by atoms with Crippen molar-refractivity contribution in [3.8, 4) is 0 Å². The number of esters is 1. The molecule has 0 aliphatic heterocycles. The van der Waals surface area contributed by atoms with Crippen molar-refractivity contribution in [2.45, 2.75) is 51.9 Å². The molecule has 2 saturated carbocycles. The molecule has 3 rings (SSSR count). The first-order valence-electron chi connectivity index (χ1n) is 9.12. The highest BCUT2D eigenvalue weighted by atomic mass is 32.1. The Labute approximate surface area is 152 Å². The summed E-state index contributed by atoms with van der Waals surface area (Å²) in [5, 5.41) is 5.00. The van der Waals surface area contributed by atoms with Crippen LogP contribution < -0.4 is 5.32 Å². The molecule has 0 bridgehead atoms. The van der Waals surface area contributed by atoms with Crippen molar-refractivity contribution in [3.63, 3.8) is 0 Å². The molecule has 1 heterocycles. The topological polar surface area (TPSA) is 68.3 Å². The number of fused-ring (bicyclic) bond motifs is 1. The van der Waals surface area contributed by atoms with Crippen LogP contribution in [-0.2, 0) is 14.3 Å². The Kier molecular flexibility index (Phi) is 5.89. The van der Waals surface area contributed by atoms with E-state index in [-0.39, 0.29) is 11.9 Å². The molecule has 1 N–H and O–H groups in total. The second-order valence-electron chi connectivity index (χ2n) is 7.09. The molecule has 0 saturated heterocycles. The fraction of sp³-hybridized carbons (Fsp3) is 0.632. The minimum atomic E-state index is -0.349. The summed E-state index contributed by atoms with van der Waals surface area (Å²) in [5.41, 5.74) is 1.13. The number of ether oxygens (including phenoxy) is 1. The minimum Gasteiger partial charge on any atom is -0.465 e. The van der Waals surface area contributed by atoms with Crippen molar-refractivity contribution in [2.75, 3.05) is 12.4 Å². The standard InChI is InChI=1S/C19H26N2O3S/c1-12(22)20-19-21-17(11-25-19)16(18(23)24-2)10-14-8-5-7-13-6-3-4-9-15(13)14/h10-11,13-15H,3-9H2,1-2H3,(H,20,21,22). The molecule has 25 heavy (non-hydrogen) atoms. The summed E-state index contributed by atoms with van der Waals surface area (Å²) in [7, 11) is 1.40. The largest absolute Gasteiger partial charge is 0.465 e. The third kappa shape index (κ3) is 4.29. The molecule has 1 aromatic heterocycles. The van der Waals surface area contributed by atoms with Crippen LogP contribution in [0.3, 0.4) is 0 Å². The average molecular weight is 362 g/mol. The number of allylic oxidation sites excluding steroid dienone is 1. The molecule has 1 aromatic rings. The van der Waals surface area contributed by atoms with Gasteiger partial charge in [0.15, 0.2) is 5.13 Å². The zero-order chi connectivity index (χ0) is 17.8. The molecule has 2 fully saturated rings. The lowest BCUT2D eigenvalue weighted by molar-refractivity contribution is -0.133. The van der Waals surface area contributed by atoms with E-state index >= 15 is 0 Å². The van der Waals surface area contributed by atoms with Crippen LogP contribution in [0.4, 0.5) is 5.13 Å². The smallest absolute Gasteiger partial charge is 0.339 e. The molecular weight excluding hydrogens is 336 g/mol. The van der Waals surface area contributed by atoms with Crippen LogP contribution in [0.5, 0.6) is 0 Å². The summed E-state index contributed by atoms with van der Waals surface area (Å²) in [6.07, 6.45) is 11.0. The van der Waals surface area contributed by atoms with Crippen molar-refractivity contribution >= 4 is 33.9 Å². The number of hydrogen-bond acceptors (Lipinski definition) is 5. The summed E-state index contributed by atoms with van der Waals surface area (Å²) in [6.45, 7) is 1.45. The summed E-state index contributed by atoms with van der Waals surface area (Å²) >= 11 is 1.33. The number of hydrogen-bond donors (Lipinski definition) is 1. The summed E-state index contributed by atoms with van der Waals surface area (Å²) < 4.78 is 5.00. The number of carbonyl (C=O) groups is 2. The molecule has 5 nitrogen and oxygen atoms in total. The van der Waals surface area contributed by atoms with E-state index in [9.17, 15) is 9.59 Å². The van der Waals surface area contributed by atoms with Gasteiger partial charge in [0.25, 0.3) is 0 Å². The van der Waals surface area contributed by atoms with Gasteiger partial charge in [-0.2, -0.15) is 0 Å². The predicted molar refractivity (Wildman–Crippen MR) is 99.2 cm³/mol. The van der Waals surface area contributed by atoms with Crippen molar-refractivity contribution < 1.29 is 14.3 Å². The first kappa shape index (κ1) is 18.1. The van der Waals surface area contributed by atoms with Gasteiger partial charge < -0.3 is 10.1 Å². The lowest BCUT2D eigenvalue weighted by Gasteiger charge is -2.40. The van der Waals surface area contributed by atoms with E-state index in [1.165, 1.54) is 63.9 Å². The monoisotopic (exact) mass is 362 g/mol. The van der Waals surface area contributed by atoms with Crippen molar-refractivity contribution in [1.82, 2.24) is 4.98 Å². The Balaban J connectivity index is 1.86. The van der Waals surface area contributed by atoms with Gasteiger partial charge >= 0.3 is 5.97 Å². The lowest BCUT2D eigenvalue weighted by atomic mass is 9.65. The second-order valence-corrected chi connectivity index (χ2v) is 7.95. The number of aromatic nitrogens is 1. The van der Waals surface area contributed by atoms with E-state index in [1.807, 2.05) is 5.38 Å². The highest BCUT2D eigenvalue weighted by molar-refractivity contribution is 7.14. The third-order valence-corrected chi connectivity index (χ3v) is 6.24. The Hall–Kier alpha value is -1.69. The SMILES string of the molecule is COC(=O)C(=CC1CCCC2CCCCC12)c1csc(NC(C)=O)n1. The van der Waals surface area contributed by atoms with Gasteiger partial charge in [0.2, 0.25) is 5.91 Å². The van der Waals surface area contributed by atoms with E-state index in [0.717, 1.165) is 12.3 Å². The zero-order valence-corrected chi connectivity index (χ0v) is 15.7. The van der Waals surface area contributed by atoms with Crippen molar-refractivity contribution in [3.05, 3.63) is 17.2 Å². The van der Waals surface area contributed by atoms with E-state index < -0.39 is 0 Å². The number of anilines is 1. The first-order valence-corrected chi connectivity index (χ1v) is 10.00. The number of nitrogens with zero attached hydrogens (tertiary/aromatic N) is 1. The molecule has 3 unspecified atom stereocenters. The molecule has 136 valence electrons. The first-order chi connectivity index (χ1) is 12.1. The van der Waals surface area contributed by atoms with Crippen LogP contribution in [0.25, 0.3) is 5.57 Å². The van der Waals surface area contributed by atoms with Gasteiger partial charge in [-0.15, -0.1) is 11.3 Å². The molecule has 3 atom stereocenters. The van der Waals surface area contributed by atoms with E-state index in [0.29, 0.717) is 28.2 Å². The van der Waals surface area contributed by atoms with Crippen LogP contribution in [0.2, 0.25) is 0 Å². The molecule has 2 aliphatic rings. The molecule has 1 amide bonds. The third-order valence-electron chi connectivity index (χ3n) is 5.48. The highest BCUT2D eigenvalue weighted by Crippen LogP contribution is 2.45. The van der Waals surface area contributed by atoms with Gasteiger partial charge in [-0.3, -0.25) is 4.79 Å². The van der Waals surface area contributed by atoms with E-state index in [2.05, 4.69) is 16.4 Å². The maximum Gasteiger partial charge on any atom is 0.339 e. The lowest BCUT2D eigenvalue weighted by Crippen LogP contribution is -2.30. The van der Waals surface area contributed by atoms with Crippen LogP contribution in [0.1, 0.15) is 57.6 Å². The number of thiazole rings is 1. The van der Waals surface area contributed by atoms with Gasteiger partial charge in [0.1, 0.15) is 0 Å². The van der Waals surface area contributed by atoms with Gasteiger partial charge in [-0.25, -0.2) is 9.78 Å². The maximum absolute atomic E-state index is 12.4. The molecule has 6 heteroatoms. The van der Waals surface area contributed by atoms with Crippen molar-refractivity contribution in [1.29, 1.82) is 0 Å². The van der Waals surface area contributed by atoms with Crippen molar-refractivity contribution in [2.24, 2.45) is 17.8 Å². The zero-order valence-electron chi connectivity index (χ0n) is 14.9. The Bertz CT molecular complexity index is 665. The maximum atomic E-state index is 12.4. The Morgan fingerprint density at radius 1 is 1.24 bits per heavy atom. The predicted octanol–water partition coefficient (Wildman–Crippen LogP) is 4.26. The summed E-state index contributed by atoms with van der Waals surface area (Å²) in [6, 6.07) is 0. The molecule has 0 radical (unpaired) electrons. The van der Waals surface area contributed by atoms with Gasteiger partial charge in [0.05, 0.1) is 18.4 Å². The minimum absolute atomic E-state index is 0.165. The average Bonchev–Trinajstić information content (AvgIpc) is 3.06. The number of carbonyl (C=O) groups excluding carboxylic acids is 2. The van der Waals surface area contributed by atoms with E-state index in [4.69, 9.17) is 4.74 Å². The van der Waals surface area contributed by atoms with Crippen LogP contribution in [0, 0.1) is 17.8 Å². The Morgan fingerprint density at radius 3 is 2.76 bits per heavy atom. The number of rotatable bonds is 4. The summed E-state index contributed by atoms with van der Waals surface area (Å²) in [4.78, 5) is 28.0. The Morgan fingerprint density at radius 2 is 2.00 bits per heavy atom. The number of methoxy groups -OCH3 is 1. The molecule has 0 aromatic carbocycles. The molecular formula is C19H26N2O3S. The van der Waals surface area contributed by atoms with Gasteiger partial charge in [0, 0.05) is 12.3 Å². The van der Waals surface area contributed by atoms with Gasteiger partial charge in [-0.05, 0) is 30.6 Å². The normalized spacial score (nSPS) is 26.6. The van der Waals surface area contributed by atoms with Crippen LogP contribution in [0.15, 0.2) is 11.5 Å². The van der Waals surface area contributed by atoms with E-state index in [1.54, 1.807) is 0 Å². The second kappa shape index (κ2) is 8.13. The van der Waals surface area contributed by atoms with Gasteiger partial charge in [-0.1, -0.05) is 38.2 Å². The quantitative estimate of drug-likeness (QED) is 0.642. The molecule has 2 aliphatic carbocycles. The fourth-order valence-electron chi connectivity index (χ4n) is 4.38. The fourth-order valence-corrected chi connectivity index (χ4v) is 5.14. The number of amides is 1.